The molecule has 1 fully saturated rings. The van der Waals surface area contributed by atoms with Crippen molar-refractivity contribution >= 4 is 17.3 Å². The number of hydrogen-bond acceptors (Lipinski definition) is 4. The number of piperazine rings is 1. The van der Waals surface area contributed by atoms with Crippen molar-refractivity contribution in [3.05, 3.63) is 65.9 Å². The van der Waals surface area contributed by atoms with Gasteiger partial charge in [-0.3, -0.25) is 4.79 Å². The molecule has 3 aromatic rings. The van der Waals surface area contributed by atoms with E-state index in [1.807, 2.05) is 36.7 Å². The lowest BCUT2D eigenvalue weighted by molar-refractivity contribution is 0.102. The Balaban J connectivity index is 1.56. The Labute approximate surface area is 175 Å². The van der Waals surface area contributed by atoms with Crippen molar-refractivity contribution in [2.45, 2.75) is 6.92 Å². The normalized spacial score (nSPS) is 14.7. The van der Waals surface area contributed by atoms with Gasteiger partial charge in [-0.2, -0.15) is 0 Å². The van der Waals surface area contributed by atoms with E-state index in [1.54, 1.807) is 18.6 Å². The maximum atomic E-state index is 14.3. The largest absolute Gasteiger partial charge is 0.369 e. The van der Waals surface area contributed by atoms with Crippen molar-refractivity contribution in [3.8, 4) is 11.3 Å². The summed E-state index contributed by atoms with van der Waals surface area (Å²) in [6, 6.07) is 10.3. The van der Waals surface area contributed by atoms with Crippen molar-refractivity contribution in [1.82, 2.24) is 14.5 Å². The zero-order valence-corrected chi connectivity index (χ0v) is 17.5. The fraction of sp³-hybridized carbons (Fsp3) is 0.304. The predicted octanol–water partition coefficient (Wildman–Crippen LogP) is 3.54. The molecule has 1 aliphatic rings. The first-order valence-corrected chi connectivity index (χ1v) is 10.0. The quantitative estimate of drug-likeness (QED) is 0.719. The standard InChI is InChI=1S/C23H26FN5O/c1-16-4-5-19(13-21(16)22-14-25-15-28(22)3)26-23(30)17-10-18(24)12-20(11-17)29-8-6-27(2)7-9-29/h4-5,10-15H,6-9H2,1-3H3,(H,26,30). The smallest absolute Gasteiger partial charge is 0.255 e. The molecular formula is C23H26FN5O. The van der Waals surface area contributed by atoms with E-state index in [1.165, 1.54) is 12.1 Å². The summed E-state index contributed by atoms with van der Waals surface area (Å²) in [6.45, 7) is 5.47. The van der Waals surface area contributed by atoms with Gasteiger partial charge in [-0.1, -0.05) is 6.07 Å². The van der Waals surface area contributed by atoms with Crippen molar-refractivity contribution in [2.24, 2.45) is 7.05 Å². The van der Waals surface area contributed by atoms with Crippen LogP contribution in [0.1, 0.15) is 15.9 Å². The van der Waals surface area contributed by atoms with Crippen LogP contribution in [0.15, 0.2) is 48.9 Å². The average molecular weight is 407 g/mol. The van der Waals surface area contributed by atoms with Crippen LogP contribution in [0.5, 0.6) is 0 Å². The number of carbonyl (C=O) groups is 1. The predicted molar refractivity (Wildman–Crippen MR) is 117 cm³/mol. The summed E-state index contributed by atoms with van der Waals surface area (Å²) >= 11 is 0. The van der Waals surface area contributed by atoms with E-state index in [4.69, 9.17) is 0 Å². The van der Waals surface area contributed by atoms with Crippen LogP contribution >= 0.6 is 0 Å². The molecule has 1 saturated heterocycles. The second-order valence-corrected chi connectivity index (χ2v) is 7.86. The van der Waals surface area contributed by atoms with Gasteiger partial charge in [-0.25, -0.2) is 9.37 Å². The van der Waals surface area contributed by atoms with E-state index in [-0.39, 0.29) is 5.91 Å². The Kier molecular flexibility index (Phi) is 5.55. The lowest BCUT2D eigenvalue weighted by atomic mass is 10.0. The summed E-state index contributed by atoms with van der Waals surface area (Å²) in [5, 5.41) is 2.91. The number of hydrogen-bond donors (Lipinski definition) is 1. The third-order valence-corrected chi connectivity index (χ3v) is 5.60. The van der Waals surface area contributed by atoms with Crippen LogP contribution in [0.4, 0.5) is 15.8 Å². The molecule has 4 rings (SSSR count). The summed E-state index contributed by atoms with van der Waals surface area (Å²) < 4.78 is 16.2. The highest BCUT2D eigenvalue weighted by atomic mass is 19.1. The molecule has 0 aliphatic carbocycles. The number of benzene rings is 2. The van der Waals surface area contributed by atoms with E-state index in [0.29, 0.717) is 11.3 Å². The second kappa shape index (κ2) is 8.28. The van der Waals surface area contributed by atoms with Crippen LogP contribution in [0.2, 0.25) is 0 Å². The van der Waals surface area contributed by atoms with Gasteiger partial charge in [-0.05, 0) is 49.9 Å². The van der Waals surface area contributed by atoms with Crippen LogP contribution < -0.4 is 10.2 Å². The Hall–Kier alpha value is -3.19. The number of aromatic nitrogens is 2. The highest BCUT2D eigenvalue weighted by Gasteiger charge is 2.18. The van der Waals surface area contributed by atoms with E-state index in [2.05, 4.69) is 27.1 Å². The van der Waals surface area contributed by atoms with Gasteiger partial charge in [0.15, 0.2) is 0 Å². The number of halogens is 1. The van der Waals surface area contributed by atoms with E-state index in [0.717, 1.165) is 48.7 Å². The number of nitrogens with zero attached hydrogens (tertiary/aromatic N) is 4. The minimum absolute atomic E-state index is 0.312. The van der Waals surface area contributed by atoms with Crippen molar-refractivity contribution in [3.63, 3.8) is 0 Å². The minimum atomic E-state index is -0.406. The molecule has 0 spiro atoms. The van der Waals surface area contributed by atoms with Crippen molar-refractivity contribution < 1.29 is 9.18 Å². The monoisotopic (exact) mass is 407 g/mol. The van der Waals surface area contributed by atoms with Gasteiger partial charge >= 0.3 is 0 Å². The lowest BCUT2D eigenvalue weighted by Gasteiger charge is -2.34. The van der Waals surface area contributed by atoms with Gasteiger partial charge in [-0.15, -0.1) is 0 Å². The highest BCUT2D eigenvalue weighted by Crippen LogP contribution is 2.27. The Morgan fingerprint density at radius 3 is 2.53 bits per heavy atom. The maximum absolute atomic E-state index is 14.3. The molecule has 0 unspecified atom stereocenters. The van der Waals surface area contributed by atoms with E-state index in [9.17, 15) is 9.18 Å². The molecule has 1 aliphatic heterocycles. The highest BCUT2D eigenvalue weighted by molar-refractivity contribution is 6.05. The number of carbonyl (C=O) groups excluding carboxylic acids is 1. The Bertz CT molecular complexity index is 1070. The van der Waals surface area contributed by atoms with Crippen LogP contribution in [0.25, 0.3) is 11.3 Å². The first-order valence-electron chi connectivity index (χ1n) is 10.0. The van der Waals surface area contributed by atoms with Gasteiger partial charge in [0.05, 0.1) is 18.2 Å². The molecule has 30 heavy (non-hydrogen) atoms. The molecular weight excluding hydrogens is 381 g/mol. The molecule has 2 aromatic carbocycles. The fourth-order valence-electron chi connectivity index (χ4n) is 3.75. The molecule has 0 bridgehead atoms. The minimum Gasteiger partial charge on any atom is -0.369 e. The Morgan fingerprint density at radius 2 is 1.83 bits per heavy atom. The van der Waals surface area contributed by atoms with Crippen LogP contribution in [-0.4, -0.2) is 53.6 Å². The fourth-order valence-corrected chi connectivity index (χ4v) is 3.75. The zero-order chi connectivity index (χ0) is 21.3. The summed E-state index contributed by atoms with van der Waals surface area (Å²) in [5.41, 5.74) is 4.75. The Morgan fingerprint density at radius 1 is 1.07 bits per heavy atom. The number of amides is 1. The molecule has 1 amide bonds. The molecule has 0 atom stereocenters. The van der Waals surface area contributed by atoms with Gasteiger partial charge in [0.25, 0.3) is 5.91 Å². The number of nitrogens with one attached hydrogen (secondary N) is 1. The first-order chi connectivity index (χ1) is 14.4. The van der Waals surface area contributed by atoms with Gasteiger partial charge in [0.2, 0.25) is 0 Å². The van der Waals surface area contributed by atoms with Crippen molar-refractivity contribution in [1.29, 1.82) is 0 Å². The topological polar surface area (TPSA) is 53.4 Å². The number of likely N-dealkylation sites (N-methyl/N-ethyl adjacent to an activating group) is 1. The van der Waals surface area contributed by atoms with Gasteiger partial charge in [0, 0.05) is 55.7 Å². The van der Waals surface area contributed by atoms with Gasteiger partial charge < -0.3 is 19.7 Å². The molecule has 0 radical (unpaired) electrons. The molecule has 2 heterocycles. The maximum Gasteiger partial charge on any atom is 0.255 e. The summed E-state index contributed by atoms with van der Waals surface area (Å²) in [7, 11) is 4.00. The van der Waals surface area contributed by atoms with E-state index < -0.39 is 5.82 Å². The third kappa shape index (κ3) is 4.21. The molecule has 156 valence electrons. The molecule has 0 saturated carbocycles. The molecule has 1 aromatic heterocycles. The summed E-state index contributed by atoms with van der Waals surface area (Å²) in [6.07, 6.45) is 3.54. The molecule has 7 heteroatoms. The number of rotatable bonds is 4. The van der Waals surface area contributed by atoms with Crippen LogP contribution in [0.3, 0.4) is 0 Å². The van der Waals surface area contributed by atoms with Gasteiger partial charge in [0.1, 0.15) is 5.82 Å². The molecule has 6 nitrogen and oxygen atoms in total. The number of imidazole rings is 1. The third-order valence-electron chi connectivity index (χ3n) is 5.60. The van der Waals surface area contributed by atoms with Crippen LogP contribution in [-0.2, 0) is 7.05 Å². The molecule has 1 N–H and O–H groups in total. The zero-order valence-electron chi connectivity index (χ0n) is 17.5. The van der Waals surface area contributed by atoms with Crippen LogP contribution in [0, 0.1) is 12.7 Å². The summed E-state index contributed by atoms with van der Waals surface area (Å²) in [5.74, 6) is -0.735. The van der Waals surface area contributed by atoms with E-state index >= 15 is 0 Å². The van der Waals surface area contributed by atoms with Crippen molar-refractivity contribution in [2.75, 3.05) is 43.4 Å². The first kappa shape index (κ1) is 20.1. The average Bonchev–Trinajstić information content (AvgIpc) is 3.15. The summed E-state index contributed by atoms with van der Waals surface area (Å²) in [4.78, 5) is 21.4. The number of anilines is 2. The number of aryl methyl sites for hydroxylation is 2. The lowest BCUT2D eigenvalue weighted by Crippen LogP contribution is -2.44. The second-order valence-electron chi connectivity index (χ2n) is 7.86. The SMILES string of the molecule is Cc1ccc(NC(=O)c2cc(F)cc(N3CCN(C)CC3)c2)cc1-c1cncn1C.